The molecule has 1 fully saturated rings. The fourth-order valence-corrected chi connectivity index (χ4v) is 2.84. The number of hydrogen-bond donors (Lipinski definition) is 1. The number of ether oxygens (including phenoxy) is 2. The maximum Gasteiger partial charge on any atom is 0.241 e. The summed E-state index contributed by atoms with van der Waals surface area (Å²) in [5.74, 6) is 1.33. The van der Waals surface area contributed by atoms with Gasteiger partial charge in [0.2, 0.25) is 11.8 Å². The van der Waals surface area contributed by atoms with Crippen LogP contribution >= 0.6 is 0 Å². The van der Waals surface area contributed by atoms with Crippen LogP contribution in [0.15, 0.2) is 18.2 Å². The predicted octanol–water partition coefficient (Wildman–Crippen LogP) is 1.77. The van der Waals surface area contributed by atoms with Gasteiger partial charge in [-0.25, -0.2) is 0 Å². The Kier molecular flexibility index (Phi) is 6.90. The summed E-state index contributed by atoms with van der Waals surface area (Å²) >= 11 is 0. The third-order valence-electron chi connectivity index (χ3n) is 4.25. The second-order valence-corrected chi connectivity index (χ2v) is 5.90. The van der Waals surface area contributed by atoms with E-state index in [1.54, 1.807) is 14.2 Å². The number of carbonyl (C=O) groups excluding carboxylic acids is 2. The Morgan fingerprint density at radius 3 is 2.54 bits per heavy atom. The Bertz CT molecular complexity index is 568. The van der Waals surface area contributed by atoms with E-state index in [2.05, 4.69) is 5.32 Å². The van der Waals surface area contributed by atoms with Crippen LogP contribution in [0.3, 0.4) is 0 Å². The zero-order chi connectivity index (χ0) is 17.4. The highest BCUT2D eigenvalue weighted by atomic mass is 16.5. The van der Waals surface area contributed by atoms with Crippen molar-refractivity contribution in [3.8, 4) is 11.5 Å². The smallest absolute Gasteiger partial charge is 0.241 e. The second-order valence-electron chi connectivity index (χ2n) is 5.90. The maximum atomic E-state index is 12.0. The van der Waals surface area contributed by atoms with E-state index in [0.29, 0.717) is 12.8 Å². The van der Waals surface area contributed by atoms with Crippen LogP contribution in [0.4, 0.5) is 0 Å². The zero-order valence-corrected chi connectivity index (χ0v) is 14.5. The molecule has 24 heavy (non-hydrogen) atoms. The lowest BCUT2D eigenvalue weighted by Gasteiger charge is -2.26. The highest BCUT2D eigenvalue weighted by Crippen LogP contribution is 2.25. The Morgan fingerprint density at radius 1 is 1.12 bits per heavy atom. The number of hydrogen-bond acceptors (Lipinski definition) is 4. The molecule has 1 aliphatic heterocycles. The lowest BCUT2D eigenvalue weighted by atomic mass is 10.1. The van der Waals surface area contributed by atoms with Crippen molar-refractivity contribution in [2.45, 2.75) is 32.1 Å². The van der Waals surface area contributed by atoms with Gasteiger partial charge in [-0.3, -0.25) is 9.59 Å². The molecule has 0 aliphatic carbocycles. The summed E-state index contributed by atoms with van der Waals surface area (Å²) in [6, 6.07) is 5.51. The van der Waals surface area contributed by atoms with Crippen molar-refractivity contribution < 1.29 is 19.1 Å². The maximum absolute atomic E-state index is 12.0. The van der Waals surface area contributed by atoms with E-state index >= 15 is 0 Å². The van der Waals surface area contributed by atoms with Gasteiger partial charge in [0.1, 0.15) is 11.5 Å². The molecule has 0 bridgehead atoms. The number of likely N-dealkylation sites (tertiary alicyclic amines) is 1. The minimum absolute atomic E-state index is 0.00186. The average Bonchev–Trinajstić information content (AvgIpc) is 2.64. The molecule has 0 spiro atoms. The fourth-order valence-electron chi connectivity index (χ4n) is 2.84. The monoisotopic (exact) mass is 334 g/mol. The van der Waals surface area contributed by atoms with Crippen LogP contribution in [0.5, 0.6) is 11.5 Å². The molecular formula is C18H26N2O4. The predicted molar refractivity (Wildman–Crippen MR) is 91.3 cm³/mol. The fraction of sp³-hybridized carbons (Fsp3) is 0.556. The van der Waals surface area contributed by atoms with E-state index in [0.717, 1.165) is 43.0 Å². The molecule has 0 saturated carbocycles. The van der Waals surface area contributed by atoms with Crippen molar-refractivity contribution in [1.82, 2.24) is 10.2 Å². The van der Waals surface area contributed by atoms with Gasteiger partial charge in [0.25, 0.3) is 0 Å². The summed E-state index contributed by atoms with van der Waals surface area (Å²) in [6.45, 7) is 1.68. The Labute approximate surface area is 143 Å². The number of rotatable bonds is 7. The number of amides is 2. The molecule has 2 amide bonds. The largest absolute Gasteiger partial charge is 0.497 e. The molecule has 132 valence electrons. The number of nitrogens with one attached hydrogen (secondary N) is 1. The molecule has 1 aliphatic rings. The lowest BCUT2D eigenvalue weighted by Crippen LogP contribution is -2.42. The van der Waals surface area contributed by atoms with E-state index in [4.69, 9.17) is 9.47 Å². The molecule has 0 atom stereocenters. The molecule has 0 aromatic heterocycles. The first-order chi connectivity index (χ1) is 11.6. The van der Waals surface area contributed by atoms with Crippen molar-refractivity contribution in [3.05, 3.63) is 23.8 Å². The van der Waals surface area contributed by atoms with Crippen molar-refractivity contribution >= 4 is 11.8 Å². The van der Waals surface area contributed by atoms with Crippen molar-refractivity contribution in [2.24, 2.45) is 0 Å². The summed E-state index contributed by atoms with van der Waals surface area (Å²) in [5, 5.41) is 2.71. The first-order valence-corrected chi connectivity index (χ1v) is 8.39. The van der Waals surface area contributed by atoms with Crippen molar-refractivity contribution in [2.75, 3.05) is 33.9 Å². The molecule has 0 unspecified atom stereocenters. The minimum Gasteiger partial charge on any atom is -0.497 e. The molecule has 1 N–H and O–H groups in total. The van der Waals surface area contributed by atoms with Crippen LogP contribution in [0, 0.1) is 0 Å². The standard InChI is InChI=1S/C18H26N2O4/c1-23-15-7-8-16(24-2)14(12-15)6-9-17(21)19-13-18(22)20-10-4-3-5-11-20/h7-8,12H,3-6,9-11,13H2,1-2H3,(H,19,21). The Balaban J connectivity index is 1.79. The number of nitrogens with zero attached hydrogens (tertiary/aromatic N) is 1. The average molecular weight is 334 g/mol. The zero-order valence-electron chi connectivity index (χ0n) is 14.5. The molecule has 1 aromatic rings. The van der Waals surface area contributed by atoms with Gasteiger partial charge in [0, 0.05) is 19.5 Å². The highest BCUT2D eigenvalue weighted by Gasteiger charge is 2.17. The topological polar surface area (TPSA) is 67.9 Å². The van der Waals surface area contributed by atoms with Gasteiger partial charge in [-0.2, -0.15) is 0 Å². The molecule has 0 radical (unpaired) electrons. The molecule has 2 rings (SSSR count). The van der Waals surface area contributed by atoms with E-state index in [1.807, 2.05) is 23.1 Å². The van der Waals surface area contributed by atoms with E-state index in [1.165, 1.54) is 6.42 Å². The molecule has 1 saturated heterocycles. The van der Waals surface area contributed by atoms with Crippen LogP contribution in [0.1, 0.15) is 31.2 Å². The minimum atomic E-state index is -0.134. The summed E-state index contributed by atoms with van der Waals surface area (Å²) in [5.41, 5.74) is 0.911. The lowest BCUT2D eigenvalue weighted by molar-refractivity contribution is -0.133. The molecular weight excluding hydrogens is 308 g/mol. The van der Waals surface area contributed by atoms with Crippen LogP contribution in [0.25, 0.3) is 0 Å². The first kappa shape index (κ1) is 18.1. The quantitative estimate of drug-likeness (QED) is 0.825. The molecule has 1 aromatic carbocycles. The van der Waals surface area contributed by atoms with Crippen LogP contribution in [-0.4, -0.2) is 50.6 Å². The third-order valence-corrected chi connectivity index (χ3v) is 4.25. The molecule has 6 nitrogen and oxygen atoms in total. The van der Waals surface area contributed by atoms with E-state index in [-0.39, 0.29) is 18.4 Å². The van der Waals surface area contributed by atoms with Gasteiger partial charge in [0.05, 0.1) is 20.8 Å². The highest BCUT2D eigenvalue weighted by molar-refractivity contribution is 5.84. The van der Waals surface area contributed by atoms with E-state index < -0.39 is 0 Å². The second kappa shape index (κ2) is 9.15. The van der Waals surface area contributed by atoms with Gasteiger partial charge < -0.3 is 19.7 Å². The first-order valence-electron chi connectivity index (χ1n) is 8.39. The summed E-state index contributed by atoms with van der Waals surface area (Å²) in [4.78, 5) is 25.9. The van der Waals surface area contributed by atoms with Gasteiger partial charge in [-0.15, -0.1) is 0 Å². The number of piperidine rings is 1. The number of aryl methyl sites for hydroxylation is 1. The van der Waals surface area contributed by atoms with Gasteiger partial charge in [0.15, 0.2) is 0 Å². The SMILES string of the molecule is COc1ccc(OC)c(CCC(=O)NCC(=O)N2CCCCC2)c1. The normalized spacial score (nSPS) is 14.2. The van der Waals surface area contributed by atoms with Gasteiger partial charge in [-0.05, 0) is 49.4 Å². The third kappa shape index (κ3) is 5.15. The van der Waals surface area contributed by atoms with Crippen molar-refractivity contribution in [1.29, 1.82) is 0 Å². The summed E-state index contributed by atoms with van der Waals surface area (Å²) < 4.78 is 10.5. The summed E-state index contributed by atoms with van der Waals surface area (Å²) in [7, 11) is 3.20. The van der Waals surface area contributed by atoms with Crippen molar-refractivity contribution in [3.63, 3.8) is 0 Å². The number of benzene rings is 1. The Hall–Kier alpha value is -2.24. The van der Waals surface area contributed by atoms with Crippen LogP contribution in [-0.2, 0) is 16.0 Å². The number of carbonyl (C=O) groups is 2. The van der Waals surface area contributed by atoms with Gasteiger partial charge in [-0.1, -0.05) is 0 Å². The van der Waals surface area contributed by atoms with Crippen LogP contribution in [0.2, 0.25) is 0 Å². The summed E-state index contributed by atoms with van der Waals surface area (Å²) in [6.07, 6.45) is 4.12. The van der Waals surface area contributed by atoms with Gasteiger partial charge >= 0.3 is 0 Å². The molecule has 6 heteroatoms. The van der Waals surface area contributed by atoms with E-state index in [9.17, 15) is 9.59 Å². The van der Waals surface area contributed by atoms with Crippen LogP contribution < -0.4 is 14.8 Å². The molecule has 1 heterocycles. The Morgan fingerprint density at radius 2 is 1.88 bits per heavy atom. The number of methoxy groups -OCH3 is 2.